The Bertz CT molecular complexity index is 776. The molecule has 0 bridgehead atoms. The summed E-state index contributed by atoms with van der Waals surface area (Å²) in [5, 5.41) is 2.81. The van der Waals surface area contributed by atoms with Crippen molar-refractivity contribution in [1.29, 1.82) is 0 Å². The predicted molar refractivity (Wildman–Crippen MR) is 99.8 cm³/mol. The number of anilines is 1. The van der Waals surface area contributed by atoms with Crippen molar-refractivity contribution >= 4 is 27.5 Å². The number of amides is 1. The van der Waals surface area contributed by atoms with E-state index in [4.69, 9.17) is 14.2 Å². The van der Waals surface area contributed by atoms with Gasteiger partial charge in [0.1, 0.15) is 19.0 Å². The molecule has 0 saturated carbocycles. The second-order valence-electron chi connectivity index (χ2n) is 6.03. The van der Waals surface area contributed by atoms with E-state index < -0.39 is 0 Å². The van der Waals surface area contributed by atoms with Gasteiger partial charge in [0.2, 0.25) is 0 Å². The van der Waals surface area contributed by atoms with E-state index in [1.807, 2.05) is 18.2 Å². The molecular formula is C19H20BrNO4. The number of hydrogen-bond donors (Lipinski definition) is 1. The van der Waals surface area contributed by atoms with Crippen LogP contribution in [0.5, 0.6) is 17.2 Å². The number of ether oxygens (including phenoxy) is 3. The highest BCUT2D eigenvalue weighted by Crippen LogP contribution is 2.33. The maximum atomic E-state index is 12.2. The summed E-state index contributed by atoms with van der Waals surface area (Å²) < 4.78 is 17.7. The second kappa shape index (κ2) is 7.78. The SMILES string of the molecule is CC(C)c1cc(Br)ccc1OCC(=O)Nc1ccc2c(c1)OCCO2. The van der Waals surface area contributed by atoms with Gasteiger partial charge in [-0.3, -0.25) is 4.79 Å². The van der Waals surface area contributed by atoms with Gasteiger partial charge in [-0.2, -0.15) is 0 Å². The molecule has 0 aliphatic carbocycles. The quantitative estimate of drug-likeness (QED) is 0.802. The van der Waals surface area contributed by atoms with Crippen molar-refractivity contribution in [2.75, 3.05) is 25.1 Å². The van der Waals surface area contributed by atoms with Crippen LogP contribution in [0.1, 0.15) is 25.3 Å². The minimum absolute atomic E-state index is 0.0597. The van der Waals surface area contributed by atoms with Gasteiger partial charge in [-0.15, -0.1) is 0 Å². The zero-order valence-corrected chi connectivity index (χ0v) is 15.8. The third-order valence-corrected chi connectivity index (χ3v) is 4.27. The maximum Gasteiger partial charge on any atom is 0.262 e. The number of nitrogens with one attached hydrogen (secondary N) is 1. The third kappa shape index (κ3) is 4.45. The summed E-state index contributed by atoms with van der Waals surface area (Å²) >= 11 is 3.46. The highest BCUT2D eigenvalue weighted by molar-refractivity contribution is 9.10. The number of carbonyl (C=O) groups excluding carboxylic acids is 1. The second-order valence-corrected chi connectivity index (χ2v) is 6.95. The van der Waals surface area contributed by atoms with Gasteiger partial charge in [-0.25, -0.2) is 0 Å². The lowest BCUT2D eigenvalue weighted by Crippen LogP contribution is -2.21. The number of benzene rings is 2. The fourth-order valence-corrected chi connectivity index (χ4v) is 2.94. The topological polar surface area (TPSA) is 56.8 Å². The smallest absolute Gasteiger partial charge is 0.262 e. The first-order chi connectivity index (χ1) is 12.0. The Morgan fingerprint density at radius 2 is 1.92 bits per heavy atom. The van der Waals surface area contributed by atoms with E-state index in [1.165, 1.54) is 0 Å². The third-order valence-electron chi connectivity index (χ3n) is 3.78. The summed E-state index contributed by atoms with van der Waals surface area (Å²) in [6.07, 6.45) is 0. The Kier molecular flexibility index (Phi) is 5.48. The molecule has 2 aromatic carbocycles. The number of rotatable bonds is 5. The molecule has 1 amide bonds. The van der Waals surface area contributed by atoms with Crippen molar-refractivity contribution in [3.05, 3.63) is 46.4 Å². The number of carbonyl (C=O) groups is 1. The van der Waals surface area contributed by atoms with E-state index in [-0.39, 0.29) is 12.5 Å². The number of fused-ring (bicyclic) bond motifs is 1. The van der Waals surface area contributed by atoms with E-state index in [2.05, 4.69) is 35.1 Å². The van der Waals surface area contributed by atoms with Crippen molar-refractivity contribution in [1.82, 2.24) is 0 Å². The van der Waals surface area contributed by atoms with Gasteiger partial charge in [-0.1, -0.05) is 29.8 Å². The molecule has 0 unspecified atom stereocenters. The van der Waals surface area contributed by atoms with Gasteiger partial charge < -0.3 is 19.5 Å². The standard InChI is InChI=1S/C19H20BrNO4/c1-12(2)15-9-13(20)3-5-16(15)25-11-19(22)21-14-4-6-17-18(10-14)24-8-7-23-17/h3-6,9-10,12H,7-8,11H2,1-2H3,(H,21,22). The van der Waals surface area contributed by atoms with E-state index >= 15 is 0 Å². The highest BCUT2D eigenvalue weighted by atomic mass is 79.9. The highest BCUT2D eigenvalue weighted by Gasteiger charge is 2.14. The Labute approximate surface area is 155 Å². The van der Waals surface area contributed by atoms with Crippen molar-refractivity contribution in [2.45, 2.75) is 19.8 Å². The van der Waals surface area contributed by atoms with Gasteiger partial charge in [-0.05, 0) is 41.8 Å². The molecule has 2 aromatic rings. The molecule has 1 aliphatic heterocycles. The molecule has 0 radical (unpaired) electrons. The Morgan fingerprint density at radius 1 is 1.16 bits per heavy atom. The maximum absolute atomic E-state index is 12.2. The van der Waals surface area contributed by atoms with E-state index in [1.54, 1.807) is 18.2 Å². The molecule has 0 spiro atoms. The largest absolute Gasteiger partial charge is 0.486 e. The molecule has 6 heteroatoms. The molecule has 0 aromatic heterocycles. The molecule has 25 heavy (non-hydrogen) atoms. The van der Waals surface area contributed by atoms with Crippen LogP contribution in [0, 0.1) is 0 Å². The molecule has 1 aliphatic rings. The van der Waals surface area contributed by atoms with Crippen molar-refractivity contribution in [2.24, 2.45) is 0 Å². The fraction of sp³-hybridized carbons (Fsp3) is 0.316. The van der Waals surface area contributed by atoms with Crippen LogP contribution in [-0.4, -0.2) is 25.7 Å². The zero-order chi connectivity index (χ0) is 17.8. The van der Waals surface area contributed by atoms with Crippen LogP contribution >= 0.6 is 15.9 Å². The summed E-state index contributed by atoms with van der Waals surface area (Å²) in [7, 11) is 0. The molecule has 1 heterocycles. The molecule has 0 saturated heterocycles. The molecule has 3 rings (SSSR count). The van der Waals surface area contributed by atoms with Gasteiger partial charge in [0.15, 0.2) is 18.1 Å². The van der Waals surface area contributed by atoms with Gasteiger partial charge in [0, 0.05) is 16.2 Å². The van der Waals surface area contributed by atoms with Crippen molar-refractivity contribution in [3.8, 4) is 17.2 Å². The number of hydrogen-bond acceptors (Lipinski definition) is 4. The lowest BCUT2D eigenvalue weighted by molar-refractivity contribution is -0.118. The Morgan fingerprint density at radius 3 is 2.68 bits per heavy atom. The predicted octanol–water partition coefficient (Wildman–Crippen LogP) is 4.36. The summed E-state index contributed by atoms with van der Waals surface area (Å²) in [6.45, 7) is 5.16. The summed E-state index contributed by atoms with van der Waals surface area (Å²) in [5.74, 6) is 2.12. The van der Waals surface area contributed by atoms with E-state index in [0.29, 0.717) is 36.3 Å². The molecule has 5 nitrogen and oxygen atoms in total. The fourth-order valence-electron chi connectivity index (χ4n) is 2.56. The first-order valence-electron chi connectivity index (χ1n) is 8.14. The van der Waals surface area contributed by atoms with Crippen molar-refractivity contribution in [3.63, 3.8) is 0 Å². The van der Waals surface area contributed by atoms with Crippen LogP contribution in [0.25, 0.3) is 0 Å². The Hall–Kier alpha value is -2.21. The molecule has 0 fully saturated rings. The van der Waals surface area contributed by atoms with E-state index in [9.17, 15) is 4.79 Å². The van der Waals surface area contributed by atoms with Gasteiger partial charge >= 0.3 is 0 Å². The molecular weight excluding hydrogens is 386 g/mol. The van der Waals surface area contributed by atoms with Crippen molar-refractivity contribution < 1.29 is 19.0 Å². The average Bonchev–Trinajstić information content (AvgIpc) is 2.60. The van der Waals surface area contributed by atoms with E-state index in [0.717, 1.165) is 15.8 Å². The lowest BCUT2D eigenvalue weighted by atomic mass is 10.0. The Balaban J connectivity index is 1.62. The zero-order valence-electron chi connectivity index (χ0n) is 14.2. The van der Waals surface area contributed by atoms with Crippen LogP contribution in [0.4, 0.5) is 5.69 Å². The van der Waals surface area contributed by atoms with Crippen LogP contribution < -0.4 is 19.5 Å². The summed E-state index contributed by atoms with van der Waals surface area (Å²) in [5.41, 5.74) is 1.71. The summed E-state index contributed by atoms with van der Waals surface area (Å²) in [4.78, 5) is 12.2. The lowest BCUT2D eigenvalue weighted by Gasteiger charge is -2.19. The van der Waals surface area contributed by atoms with Crippen LogP contribution in [0.3, 0.4) is 0 Å². The van der Waals surface area contributed by atoms with Crippen LogP contribution in [-0.2, 0) is 4.79 Å². The minimum Gasteiger partial charge on any atom is -0.486 e. The average molecular weight is 406 g/mol. The molecule has 0 atom stereocenters. The monoisotopic (exact) mass is 405 g/mol. The minimum atomic E-state index is -0.227. The number of halogens is 1. The van der Waals surface area contributed by atoms with Gasteiger partial charge in [0.05, 0.1) is 0 Å². The van der Waals surface area contributed by atoms with Crippen LogP contribution in [0.15, 0.2) is 40.9 Å². The van der Waals surface area contributed by atoms with Gasteiger partial charge in [0.25, 0.3) is 5.91 Å². The molecule has 132 valence electrons. The first kappa shape index (κ1) is 17.6. The molecule has 1 N–H and O–H groups in total. The summed E-state index contributed by atoms with van der Waals surface area (Å²) in [6, 6.07) is 11.1. The normalized spacial score (nSPS) is 12.8. The van der Waals surface area contributed by atoms with Crippen LogP contribution in [0.2, 0.25) is 0 Å². The first-order valence-corrected chi connectivity index (χ1v) is 8.94.